The lowest BCUT2D eigenvalue weighted by atomic mass is 9.99. The van der Waals surface area contributed by atoms with Crippen LogP contribution in [0.1, 0.15) is 38.3 Å². The molecule has 2 aromatic heterocycles. The number of thiazole rings is 1. The molecule has 0 N–H and O–H groups in total. The third-order valence-electron chi connectivity index (χ3n) is 5.31. The van der Waals surface area contributed by atoms with Gasteiger partial charge in [0.1, 0.15) is 5.58 Å². The predicted octanol–water partition coefficient (Wildman–Crippen LogP) is 6.69. The highest BCUT2D eigenvalue weighted by atomic mass is 79.9. The number of hydrogen-bond donors (Lipinski definition) is 0. The van der Waals surface area contributed by atoms with Gasteiger partial charge in [0.05, 0.1) is 32.7 Å². The quantitative estimate of drug-likeness (QED) is 0.287. The Hall–Kier alpha value is -2.19. The van der Waals surface area contributed by atoms with E-state index in [0.29, 0.717) is 31.7 Å². The molecule has 2 aromatic carbocycles. The topological polar surface area (TPSA) is 63.4 Å². The zero-order valence-electron chi connectivity index (χ0n) is 16.2. The van der Waals surface area contributed by atoms with Crippen LogP contribution in [0.3, 0.4) is 0 Å². The molecule has 9 heteroatoms. The summed E-state index contributed by atoms with van der Waals surface area (Å²) in [4.78, 5) is 34.1. The maximum atomic E-state index is 13.6. The van der Waals surface area contributed by atoms with Crippen molar-refractivity contribution in [2.24, 2.45) is 0 Å². The summed E-state index contributed by atoms with van der Waals surface area (Å²) < 4.78 is 6.69. The Morgan fingerprint density at radius 2 is 1.87 bits per heavy atom. The molecule has 0 fully saturated rings. The number of carbonyl (C=O) groups excluding carboxylic acids is 1. The van der Waals surface area contributed by atoms with Crippen LogP contribution in [0.4, 0.5) is 5.13 Å². The SMILES string of the molecule is Cc1nc(N2C(=O)c3oc4ccc(Br)cc4c(=O)c3[C@H]2c2ccc(Cl)c(Cl)c2)sc1C. The number of fused-ring (bicyclic) bond motifs is 2. The van der Waals surface area contributed by atoms with Gasteiger partial charge in [0.15, 0.2) is 10.6 Å². The zero-order valence-corrected chi connectivity index (χ0v) is 20.1. The summed E-state index contributed by atoms with van der Waals surface area (Å²) in [7, 11) is 0. The van der Waals surface area contributed by atoms with E-state index in [4.69, 9.17) is 27.6 Å². The number of nitrogens with zero attached hydrogens (tertiary/aromatic N) is 2. The number of amides is 1. The maximum absolute atomic E-state index is 13.6. The van der Waals surface area contributed by atoms with E-state index in [0.717, 1.165) is 15.0 Å². The van der Waals surface area contributed by atoms with Crippen molar-refractivity contribution in [1.82, 2.24) is 4.98 Å². The highest BCUT2D eigenvalue weighted by Gasteiger charge is 2.45. The fraction of sp³-hybridized carbons (Fsp3) is 0.136. The number of benzene rings is 2. The summed E-state index contributed by atoms with van der Waals surface area (Å²) in [5.41, 5.74) is 1.81. The summed E-state index contributed by atoms with van der Waals surface area (Å²) in [5.74, 6) is -0.400. The second-order valence-electron chi connectivity index (χ2n) is 7.20. The Balaban J connectivity index is 1.84. The van der Waals surface area contributed by atoms with Crippen molar-refractivity contribution in [2.75, 3.05) is 4.90 Å². The molecule has 0 aliphatic carbocycles. The van der Waals surface area contributed by atoms with E-state index in [1.54, 1.807) is 36.4 Å². The van der Waals surface area contributed by atoms with Gasteiger partial charge in [0, 0.05) is 9.35 Å². The van der Waals surface area contributed by atoms with Crippen molar-refractivity contribution in [1.29, 1.82) is 0 Å². The van der Waals surface area contributed by atoms with Crippen molar-refractivity contribution in [3.63, 3.8) is 0 Å². The number of halogens is 3. The lowest BCUT2D eigenvalue weighted by Gasteiger charge is -2.22. The van der Waals surface area contributed by atoms with E-state index < -0.39 is 11.9 Å². The maximum Gasteiger partial charge on any atom is 0.297 e. The van der Waals surface area contributed by atoms with E-state index in [9.17, 15) is 9.59 Å². The molecule has 0 saturated heterocycles. The van der Waals surface area contributed by atoms with Crippen molar-refractivity contribution in [3.05, 3.63) is 88.6 Å². The van der Waals surface area contributed by atoms with Crippen molar-refractivity contribution in [2.45, 2.75) is 19.9 Å². The molecule has 4 aromatic rings. The number of carbonyl (C=O) groups is 1. The molecule has 0 spiro atoms. The van der Waals surface area contributed by atoms with Crippen molar-refractivity contribution < 1.29 is 9.21 Å². The van der Waals surface area contributed by atoms with Crippen LogP contribution in [-0.4, -0.2) is 10.9 Å². The van der Waals surface area contributed by atoms with Gasteiger partial charge in [-0.1, -0.05) is 45.2 Å². The second-order valence-corrected chi connectivity index (χ2v) is 10.1. The van der Waals surface area contributed by atoms with E-state index in [1.807, 2.05) is 13.8 Å². The Labute approximate surface area is 199 Å². The highest BCUT2D eigenvalue weighted by Crippen LogP contribution is 2.44. The number of aromatic nitrogens is 1. The summed E-state index contributed by atoms with van der Waals surface area (Å²) in [6.07, 6.45) is 0. The van der Waals surface area contributed by atoms with Gasteiger partial charge in [-0.05, 0) is 49.7 Å². The van der Waals surface area contributed by atoms with Crippen LogP contribution in [0, 0.1) is 13.8 Å². The first-order valence-electron chi connectivity index (χ1n) is 9.25. The molecule has 5 rings (SSSR count). The van der Waals surface area contributed by atoms with Gasteiger partial charge in [-0.25, -0.2) is 4.98 Å². The van der Waals surface area contributed by atoms with Gasteiger partial charge in [-0.2, -0.15) is 0 Å². The molecule has 3 heterocycles. The molecule has 31 heavy (non-hydrogen) atoms. The first kappa shape index (κ1) is 20.7. The molecule has 1 aliphatic heterocycles. The summed E-state index contributed by atoms with van der Waals surface area (Å²) in [6, 6.07) is 9.47. The van der Waals surface area contributed by atoms with E-state index >= 15 is 0 Å². The van der Waals surface area contributed by atoms with Crippen LogP contribution in [-0.2, 0) is 0 Å². The normalized spacial score (nSPS) is 15.7. The first-order valence-corrected chi connectivity index (χ1v) is 11.6. The Morgan fingerprint density at radius 3 is 2.55 bits per heavy atom. The van der Waals surface area contributed by atoms with Gasteiger partial charge in [-0.15, -0.1) is 11.3 Å². The fourth-order valence-corrected chi connectivity index (χ4v) is 5.30. The molecular formula is C22H13BrCl2N2O3S. The fourth-order valence-electron chi connectivity index (χ4n) is 3.70. The summed E-state index contributed by atoms with van der Waals surface area (Å²) in [6.45, 7) is 3.82. The van der Waals surface area contributed by atoms with Crippen LogP contribution >= 0.6 is 50.5 Å². The van der Waals surface area contributed by atoms with Crippen LogP contribution < -0.4 is 10.3 Å². The predicted molar refractivity (Wildman–Crippen MR) is 127 cm³/mol. The van der Waals surface area contributed by atoms with Crippen LogP contribution in [0.15, 0.2) is 50.1 Å². The largest absolute Gasteiger partial charge is 0.450 e. The molecular weight excluding hydrogens is 523 g/mol. The van der Waals surface area contributed by atoms with Crippen molar-refractivity contribution in [3.8, 4) is 0 Å². The first-order chi connectivity index (χ1) is 14.8. The van der Waals surface area contributed by atoms with Gasteiger partial charge in [0.25, 0.3) is 5.91 Å². The molecule has 5 nitrogen and oxygen atoms in total. The number of rotatable bonds is 2. The number of hydrogen-bond acceptors (Lipinski definition) is 5. The van der Waals surface area contributed by atoms with E-state index in [2.05, 4.69) is 20.9 Å². The Bertz CT molecular complexity index is 1440. The van der Waals surface area contributed by atoms with Crippen LogP contribution in [0.25, 0.3) is 11.0 Å². The lowest BCUT2D eigenvalue weighted by molar-refractivity contribution is 0.0971. The minimum Gasteiger partial charge on any atom is -0.450 e. The van der Waals surface area contributed by atoms with E-state index in [-0.39, 0.29) is 16.8 Å². The van der Waals surface area contributed by atoms with Crippen LogP contribution in [0.5, 0.6) is 0 Å². The van der Waals surface area contributed by atoms with Gasteiger partial charge in [0.2, 0.25) is 5.76 Å². The monoisotopic (exact) mass is 534 g/mol. The van der Waals surface area contributed by atoms with Gasteiger partial charge < -0.3 is 4.42 Å². The van der Waals surface area contributed by atoms with Crippen LogP contribution in [0.2, 0.25) is 10.0 Å². The van der Waals surface area contributed by atoms with E-state index in [1.165, 1.54) is 16.2 Å². The zero-order chi connectivity index (χ0) is 22.0. The molecule has 0 saturated carbocycles. The highest BCUT2D eigenvalue weighted by molar-refractivity contribution is 9.10. The molecule has 0 radical (unpaired) electrons. The van der Waals surface area contributed by atoms with Crippen molar-refractivity contribution >= 4 is 72.5 Å². The smallest absolute Gasteiger partial charge is 0.297 e. The standard InChI is InChI=1S/C22H13BrCl2N2O3S/c1-9-10(2)31-22(26-9)27-18(11-3-5-14(24)15(25)7-11)17-19(28)13-8-12(23)4-6-16(13)30-20(17)21(27)29/h3-8,18H,1-2H3/t18-/m1/s1. The average Bonchev–Trinajstić information content (AvgIpc) is 3.21. The molecule has 156 valence electrons. The minimum absolute atomic E-state index is 0.0152. The average molecular weight is 536 g/mol. The molecule has 0 bridgehead atoms. The summed E-state index contributed by atoms with van der Waals surface area (Å²) >= 11 is 17.2. The second kappa shape index (κ2) is 7.45. The molecule has 1 amide bonds. The third-order valence-corrected chi connectivity index (χ3v) is 7.62. The molecule has 1 atom stereocenters. The Morgan fingerprint density at radius 1 is 1.10 bits per heavy atom. The van der Waals surface area contributed by atoms with Gasteiger partial charge >= 0.3 is 0 Å². The molecule has 1 aliphatic rings. The minimum atomic E-state index is -0.734. The Kier molecular flexibility index (Phi) is 4.97. The summed E-state index contributed by atoms with van der Waals surface area (Å²) in [5, 5.41) is 1.60. The lowest BCUT2D eigenvalue weighted by Crippen LogP contribution is -2.29. The van der Waals surface area contributed by atoms with Gasteiger partial charge in [-0.3, -0.25) is 14.5 Å². The number of aryl methyl sites for hydroxylation is 2. The number of anilines is 1. The third kappa shape index (κ3) is 3.22. The molecule has 0 unspecified atom stereocenters.